The number of rotatable bonds is 14. The van der Waals surface area contributed by atoms with Gasteiger partial charge in [-0.1, -0.05) is 95.2 Å². The highest BCUT2D eigenvalue weighted by Gasteiger charge is 1.90. The first-order chi connectivity index (χ1) is 9.91. The van der Waals surface area contributed by atoms with Crippen LogP contribution in [0.4, 0.5) is 0 Å². The molecule has 0 rings (SSSR count). The fraction of sp³-hybridized carbons (Fsp3) is 0.700. The lowest BCUT2D eigenvalue weighted by Gasteiger charge is -1.99. The summed E-state index contributed by atoms with van der Waals surface area (Å²) < 4.78 is 0. The average molecular weight is 277 g/mol. The van der Waals surface area contributed by atoms with Crippen LogP contribution in [0.1, 0.15) is 90.9 Å². The third-order valence-electron chi connectivity index (χ3n) is 3.50. The molecule has 0 aliphatic heterocycles. The molecule has 0 heterocycles. The lowest BCUT2D eigenvalue weighted by Crippen LogP contribution is -1.79. The second kappa shape index (κ2) is 18.2. The van der Waals surface area contributed by atoms with Crippen LogP contribution in [-0.2, 0) is 0 Å². The van der Waals surface area contributed by atoms with Gasteiger partial charge < -0.3 is 0 Å². The molecule has 0 atom stereocenters. The van der Waals surface area contributed by atoms with Crippen molar-refractivity contribution in [3.63, 3.8) is 0 Å². The molecule has 0 unspecified atom stereocenters. The molecule has 0 saturated heterocycles. The molecule has 0 N–H and O–H groups in total. The van der Waals surface area contributed by atoms with Gasteiger partial charge in [-0.15, -0.1) is 0 Å². The standard InChI is InChI=1S/C20H36/c1-3-5-7-9-11-13-15-17-19-20-18-16-14-12-10-8-6-4-2/h5,7,11,13,17,19H,3-4,6,8-10,12,14-16,18,20H2,1-2H3. The van der Waals surface area contributed by atoms with E-state index in [0.717, 1.165) is 19.3 Å². The average Bonchev–Trinajstić information content (AvgIpc) is 2.47. The third kappa shape index (κ3) is 17.2. The largest absolute Gasteiger partial charge is 0.0885 e. The minimum atomic E-state index is 1.08. The van der Waals surface area contributed by atoms with Gasteiger partial charge in [-0.2, -0.15) is 0 Å². The van der Waals surface area contributed by atoms with Gasteiger partial charge in [-0.25, -0.2) is 0 Å². The summed E-state index contributed by atoms with van der Waals surface area (Å²) in [7, 11) is 0. The Bertz CT molecular complexity index is 245. The van der Waals surface area contributed by atoms with E-state index in [2.05, 4.69) is 50.3 Å². The van der Waals surface area contributed by atoms with Crippen molar-refractivity contribution >= 4 is 0 Å². The van der Waals surface area contributed by atoms with Crippen LogP contribution in [0.25, 0.3) is 0 Å². The molecule has 0 aliphatic rings. The van der Waals surface area contributed by atoms with E-state index in [-0.39, 0.29) is 0 Å². The topological polar surface area (TPSA) is 0 Å². The fourth-order valence-corrected chi connectivity index (χ4v) is 2.22. The predicted molar refractivity (Wildman–Crippen MR) is 94.2 cm³/mol. The molecule has 0 amide bonds. The second-order valence-corrected chi connectivity index (χ2v) is 5.56. The van der Waals surface area contributed by atoms with E-state index >= 15 is 0 Å². The highest BCUT2D eigenvalue weighted by atomic mass is 14.0. The summed E-state index contributed by atoms with van der Waals surface area (Å²) in [5.41, 5.74) is 0. The summed E-state index contributed by atoms with van der Waals surface area (Å²) in [4.78, 5) is 0. The third-order valence-corrected chi connectivity index (χ3v) is 3.50. The molecular weight excluding hydrogens is 240 g/mol. The zero-order valence-corrected chi connectivity index (χ0v) is 13.9. The summed E-state index contributed by atoms with van der Waals surface area (Å²) in [6.07, 6.45) is 29.5. The van der Waals surface area contributed by atoms with Gasteiger partial charge in [0.1, 0.15) is 0 Å². The summed E-state index contributed by atoms with van der Waals surface area (Å²) in [6, 6.07) is 0. The van der Waals surface area contributed by atoms with Gasteiger partial charge in [0.15, 0.2) is 0 Å². The van der Waals surface area contributed by atoms with Gasteiger partial charge in [-0.3, -0.25) is 0 Å². The van der Waals surface area contributed by atoms with E-state index in [1.165, 1.54) is 57.8 Å². The Hall–Kier alpha value is -0.780. The maximum atomic E-state index is 2.35. The van der Waals surface area contributed by atoms with Crippen molar-refractivity contribution in [3.05, 3.63) is 36.5 Å². The quantitative estimate of drug-likeness (QED) is 0.229. The van der Waals surface area contributed by atoms with Crippen molar-refractivity contribution in [2.75, 3.05) is 0 Å². The van der Waals surface area contributed by atoms with Crippen molar-refractivity contribution in [3.8, 4) is 0 Å². The van der Waals surface area contributed by atoms with E-state index in [9.17, 15) is 0 Å². The zero-order valence-electron chi connectivity index (χ0n) is 13.9. The highest BCUT2D eigenvalue weighted by Crippen LogP contribution is 2.09. The summed E-state index contributed by atoms with van der Waals surface area (Å²) in [5.74, 6) is 0. The van der Waals surface area contributed by atoms with Crippen LogP contribution < -0.4 is 0 Å². The van der Waals surface area contributed by atoms with Crippen molar-refractivity contribution in [2.24, 2.45) is 0 Å². The van der Waals surface area contributed by atoms with E-state index in [1.807, 2.05) is 0 Å². The minimum Gasteiger partial charge on any atom is -0.0885 e. The van der Waals surface area contributed by atoms with Gasteiger partial charge in [-0.05, 0) is 32.1 Å². The molecule has 116 valence electrons. The molecule has 0 aromatic heterocycles. The number of hydrogen-bond donors (Lipinski definition) is 0. The molecule has 0 saturated carbocycles. The maximum Gasteiger partial charge on any atom is -0.0169 e. The maximum absolute atomic E-state index is 2.35. The Balaban J connectivity index is 3.17. The monoisotopic (exact) mass is 276 g/mol. The first-order valence-corrected chi connectivity index (χ1v) is 8.86. The number of hydrogen-bond acceptors (Lipinski definition) is 0. The SMILES string of the molecule is CCC=CCC=CCC=CCCCCCCCCCC. The molecule has 0 aliphatic carbocycles. The Morgan fingerprint density at radius 3 is 1.60 bits per heavy atom. The Labute approximate surface area is 128 Å². The molecule has 20 heavy (non-hydrogen) atoms. The van der Waals surface area contributed by atoms with Crippen LogP contribution in [0.5, 0.6) is 0 Å². The van der Waals surface area contributed by atoms with Crippen LogP contribution in [0.3, 0.4) is 0 Å². The molecular formula is C20H36. The number of allylic oxidation sites excluding steroid dienone is 6. The van der Waals surface area contributed by atoms with Crippen LogP contribution >= 0.6 is 0 Å². The first kappa shape index (κ1) is 19.2. The van der Waals surface area contributed by atoms with Crippen LogP contribution in [0.15, 0.2) is 36.5 Å². The molecule has 0 aromatic rings. The van der Waals surface area contributed by atoms with Gasteiger partial charge in [0.05, 0.1) is 0 Å². The fourth-order valence-electron chi connectivity index (χ4n) is 2.22. The predicted octanol–water partition coefficient (Wildman–Crippen LogP) is 7.38. The van der Waals surface area contributed by atoms with Gasteiger partial charge in [0.2, 0.25) is 0 Å². The van der Waals surface area contributed by atoms with E-state index in [4.69, 9.17) is 0 Å². The molecule has 0 bridgehead atoms. The van der Waals surface area contributed by atoms with Crippen LogP contribution in [0.2, 0.25) is 0 Å². The Kier molecular flexibility index (Phi) is 17.5. The Morgan fingerprint density at radius 2 is 1.00 bits per heavy atom. The lowest BCUT2D eigenvalue weighted by atomic mass is 10.1. The molecule has 0 fully saturated rings. The lowest BCUT2D eigenvalue weighted by molar-refractivity contribution is 0.577. The van der Waals surface area contributed by atoms with E-state index in [1.54, 1.807) is 0 Å². The minimum absolute atomic E-state index is 1.08. The summed E-state index contributed by atoms with van der Waals surface area (Å²) >= 11 is 0. The molecule has 0 nitrogen and oxygen atoms in total. The van der Waals surface area contributed by atoms with E-state index < -0.39 is 0 Å². The molecule has 0 aromatic carbocycles. The van der Waals surface area contributed by atoms with Crippen molar-refractivity contribution in [1.82, 2.24) is 0 Å². The van der Waals surface area contributed by atoms with Gasteiger partial charge in [0, 0.05) is 0 Å². The smallest absolute Gasteiger partial charge is 0.0169 e. The van der Waals surface area contributed by atoms with E-state index in [0.29, 0.717) is 0 Å². The van der Waals surface area contributed by atoms with Crippen molar-refractivity contribution in [2.45, 2.75) is 90.9 Å². The van der Waals surface area contributed by atoms with Gasteiger partial charge >= 0.3 is 0 Å². The highest BCUT2D eigenvalue weighted by molar-refractivity contribution is 4.96. The second-order valence-electron chi connectivity index (χ2n) is 5.56. The van der Waals surface area contributed by atoms with Gasteiger partial charge in [0.25, 0.3) is 0 Å². The molecule has 0 heteroatoms. The molecule has 0 spiro atoms. The Morgan fingerprint density at radius 1 is 0.500 bits per heavy atom. The van der Waals surface area contributed by atoms with Crippen LogP contribution in [-0.4, -0.2) is 0 Å². The normalized spacial score (nSPS) is 12.3. The van der Waals surface area contributed by atoms with Crippen molar-refractivity contribution < 1.29 is 0 Å². The van der Waals surface area contributed by atoms with Crippen molar-refractivity contribution in [1.29, 1.82) is 0 Å². The molecule has 0 radical (unpaired) electrons. The summed E-state index contributed by atoms with van der Waals surface area (Å²) in [5, 5.41) is 0. The number of unbranched alkanes of at least 4 members (excludes halogenated alkanes) is 8. The summed E-state index contributed by atoms with van der Waals surface area (Å²) in [6.45, 7) is 4.46. The first-order valence-electron chi connectivity index (χ1n) is 8.86. The zero-order chi connectivity index (χ0) is 14.7. The van der Waals surface area contributed by atoms with Crippen LogP contribution in [0, 0.1) is 0 Å².